The van der Waals surface area contributed by atoms with Gasteiger partial charge < -0.3 is 14.6 Å². The zero-order valence-corrected chi connectivity index (χ0v) is 22.4. The normalized spacial score (nSPS) is 12.9. The molecule has 3 heterocycles. The van der Waals surface area contributed by atoms with Gasteiger partial charge in [0.15, 0.2) is 0 Å². The summed E-state index contributed by atoms with van der Waals surface area (Å²) in [5.74, 6) is 0.854. The first-order chi connectivity index (χ1) is 18.1. The SMILES string of the molecule is COc1ccc(-c2c3c4n(c(-c5ccccc5)cn4c2C(=S)Nc2c(C)cccc2C)CCCC3)cc1. The van der Waals surface area contributed by atoms with Gasteiger partial charge in [-0.05, 0) is 67.5 Å². The van der Waals surface area contributed by atoms with Gasteiger partial charge in [-0.15, -0.1) is 0 Å². The molecule has 4 nitrogen and oxygen atoms in total. The monoisotopic (exact) mass is 505 g/mol. The van der Waals surface area contributed by atoms with Crippen molar-refractivity contribution < 1.29 is 4.74 Å². The van der Waals surface area contributed by atoms with Crippen molar-refractivity contribution in [1.29, 1.82) is 0 Å². The Hall–Kier alpha value is -3.83. The first-order valence-electron chi connectivity index (χ1n) is 12.9. The van der Waals surface area contributed by atoms with Gasteiger partial charge >= 0.3 is 0 Å². The number of para-hydroxylation sites is 1. The summed E-state index contributed by atoms with van der Waals surface area (Å²) in [6.07, 6.45) is 5.60. The number of rotatable bonds is 5. The fourth-order valence-corrected chi connectivity index (χ4v) is 6.00. The summed E-state index contributed by atoms with van der Waals surface area (Å²) in [5.41, 5.74) is 12.0. The Kier molecular flexibility index (Phi) is 6.09. The van der Waals surface area contributed by atoms with E-state index in [1.807, 2.05) is 12.1 Å². The molecular weight excluding hydrogens is 474 g/mol. The fraction of sp³-hybridized carbons (Fsp3) is 0.219. The highest BCUT2D eigenvalue weighted by atomic mass is 32.1. The standard InChI is InChI=1S/C32H31N3OS/c1-21-10-9-11-22(2)29(21)33-31(37)30-28(24-15-17-25(36-3)18-16-24)26-14-7-8-19-34-27(20-35(30)32(26)34)23-12-5-4-6-13-23/h4-6,9-13,15-18,20H,7-8,14,19H2,1-3H3,(H,33,37). The third-order valence-electron chi connectivity index (χ3n) is 7.52. The van der Waals surface area contributed by atoms with Crippen LogP contribution in [0.3, 0.4) is 0 Å². The van der Waals surface area contributed by atoms with Gasteiger partial charge in [-0.3, -0.25) is 4.40 Å². The Balaban J connectivity index is 1.61. The first kappa shape index (κ1) is 23.6. The number of methoxy groups -OCH3 is 1. The van der Waals surface area contributed by atoms with Gasteiger partial charge in [-0.2, -0.15) is 0 Å². The van der Waals surface area contributed by atoms with E-state index in [2.05, 4.69) is 95.0 Å². The highest BCUT2D eigenvalue weighted by Gasteiger charge is 2.28. The summed E-state index contributed by atoms with van der Waals surface area (Å²) in [5, 5.41) is 3.64. The highest BCUT2D eigenvalue weighted by molar-refractivity contribution is 7.81. The third-order valence-corrected chi connectivity index (χ3v) is 7.81. The molecule has 3 aromatic carbocycles. The van der Waals surface area contributed by atoms with Gasteiger partial charge in [-0.25, -0.2) is 0 Å². The van der Waals surface area contributed by atoms with Gasteiger partial charge in [0.25, 0.3) is 0 Å². The average Bonchev–Trinajstić information content (AvgIpc) is 3.34. The van der Waals surface area contributed by atoms with Crippen molar-refractivity contribution in [1.82, 2.24) is 8.97 Å². The van der Waals surface area contributed by atoms with Crippen molar-refractivity contribution in [3.63, 3.8) is 0 Å². The van der Waals surface area contributed by atoms with Crippen LogP contribution < -0.4 is 10.1 Å². The van der Waals surface area contributed by atoms with Gasteiger partial charge in [0.1, 0.15) is 16.4 Å². The molecule has 0 radical (unpaired) electrons. The molecule has 0 amide bonds. The van der Waals surface area contributed by atoms with E-state index in [4.69, 9.17) is 17.0 Å². The van der Waals surface area contributed by atoms with Crippen LogP contribution in [0.25, 0.3) is 28.0 Å². The molecule has 2 aromatic heterocycles. The molecule has 37 heavy (non-hydrogen) atoms. The molecule has 0 bridgehead atoms. The third kappa shape index (κ3) is 4.04. The van der Waals surface area contributed by atoms with Crippen molar-refractivity contribution in [2.45, 2.75) is 39.7 Å². The van der Waals surface area contributed by atoms with Crippen molar-refractivity contribution in [3.8, 4) is 28.1 Å². The summed E-state index contributed by atoms with van der Waals surface area (Å²) < 4.78 is 10.3. The molecule has 0 atom stereocenters. The second-order valence-corrected chi connectivity index (χ2v) is 10.2. The van der Waals surface area contributed by atoms with Gasteiger partial charge in [0.05, 0.1) is 18.5 Å². The van der Waals surface area contributed by atoms with Crippen molar-refractivity contribution in [2.24, 2.45) is 0 Å². The minimum atomic E-state index is 0.738. The van der Waals surface area contributed by atoms with Crippen LogP contribution in [0.4, 0.5) is 5.69 Å². The minimum Gasteiger partial charge on any atom is -0.497 e. The second kappa shape index (κ2) is 9.56. The predicted molar refractivity (Wildman–Crippen MR) is 157 cm³/mol. The average molecular weight is 506 g/mol. The number of anilines is 1. The number of hydrogen-bond acceptors (Lipinski definition) is 2. The Morgan fingerprint density at radius 2 is 1.59 bits per heavy atom. The summed E-state index contributed by atoms with van der Waals surface area (Å²) in [6.45, 7) is 5.25. The lowest BCUT2D eigenvalue weighted by molar-refractivity contribution is 0.415. The number of hydrogen-bond donors (Lipinski definition) is 1. The number of aromatic nitrogens is 2. The number of thiocarbonyl (C=S) groups is 1. The lowest BCUT2D eigenvalue weighted by atomic mass is 9.97. The first-order valence-corrected chi connectivity index (χ1v) is 13.3. The molecule has 1 N–H and O–H groups in total. The van der Waals surface area contributed by atoms with Gasteiger partial charge in [0.2, 0.25) is 0 Å². The molecule has 5 heteroatoms. The van der Waals surface area contributed by atoms with E-state index in [9.17, 15) is 0 Å². The molecule has 6 rings (SSSR count). The second-order valence-electron chi connectivity index (χ2n) is 9.83. The van der Waals surface area contributed by atoms with Crippen LogP contribution in [0, 0.1) is 13.8 Å². The molecule has 0 unspecified atom stereocenters. The smallest absolute Gasteiger partial charge is 0.128 e. The summed E-state index contributed by atoms with van der Waals surface area (Å²) in [4.78, 5) is 0.738. The summed E-state index contributed by atoms with van der Waals surface area (Å²) >= 11 is 6.20. The molecule has 5 aromatic rings. The lowest BCUT2D eigenvalue weighted by Gasteiger charge is -2.15. The van der Waals surface area contributed by atoms with Crippen LogP contribution in [-0.2, 0) is 13.0 Å². The number of nitrogens with zero attached hydrogens (tertiary/aromatic N) is 2. The zero-order chi connectivity index (χ0) is 25.5. The number of nitrogens with one attached hydrogen (secondary N) is 1. The molecule has 0 saturated heterocycles. The van der Waals surface area contributed by atoms with Crippen molar-refractivity contribution in [3.05, 3.63) is 101 Å². The summed E-state index contributed by atoms with van der Waals surface area (Å²) in [6, 6.07) is 25.4. The Bertz CT molecular complexity index is 1590. The van der Waals surface area contributed by atoms with Crippen LogP contribution in [0.5, 0.6) is 5.75 Å². The van der Waals surface area contributed by atoms with Gasteiger partial charge in [-0.1, -0.05) is 72.9 Å². The van der Waals surface area contributed by atoms with Crippen LogP contribution in [0.15, 0.2) is 79.0 Å². The van der Waals surface area contributed by atoms with Crippen molar-refractivity contribution in [2.75, 3.05) is 12.4 Å². The van der Waals surface area contributed by atoms with E-state index >= 15 is 0 Å². The lowest BCUT2D eigenvalue weighted by Crippen LogP contribution is -2.15. The maximum atomic E-state index is 6.20. The zero-order valence-electron chi connectivity index (χ0n) is 21.5. The topological polar surface area (TPSA) is 30.6 Å². The summed E-state index contributed by atoms with van der Waals surface area (Å²) in [7, 11) is 1.71. The van der Waals surface area contributed by atoms with Crippen LogP contribution in [-0.4, -0.2) is 21.1 Å². The molecule has 0 spiro atoms. The molecule has 0 saturated carbocycles. The number of imidazole rings is 1. The van der Waals surface area contributed by atoms with Crippen LogP contribution in [0.1, 0.15) is 35.2 Å². The largest absolute Gasteiger partial charge is 0.497 e. The maximum Gasteiger partial charge on any atom is 0.128 e. The number of aryl methyl sites for hydroxylation is 4. The molecule has 1 aliphatic rings. The minimum absolute atomic E-state index is 0.738. The Morgan fingerprint density at radius 3 is 2.30 bits per heavy atom. The Morgan fingerprint density at radius 1 is 0.865 bits per heavy atom. The molecule has 0 aliphatic carbocycles. The van der Waals surface area contributed by atoms with E-state index in [-0.39, 0.29) is 0 Å². The number of ether oxygens (including phenoxy) is 1. The molecular formula is C32H31N3OS. The quantitative estimate of drug-likeness (QED) is 0.247. The van der Waals surface area contributed by atoms with E-state index in [1.54, 1.807) is 7.11 Å². The molecule has 1 aliphatic heterocycles. The predicted octanol–water partition coefficient (Wildman–Crippen LogP) is 7.82. The van der Waals surface area contributed by atoms with E-state index in [0.29, 0.717) is 0 Å². The number of benzene rings is 3. The van der Waals surface area contributed by atoms with Crippen LogP contribution in [0.2, 0.25) is 0 Å². The fourth-order valence-electron chi connectivity index (χ4n) is 5.70. The Labute approximate surface area is 223 Å². The maximum absolute atomic E-state index is 6.20. The van der Waals surface area contributed by atoms with E-state index in [1.165, 1.54) is 39.2 Å². The van der Waals surface area contributed by atoms with Crippen LogP contribution >= 0.6 is 12.2 Å². The van der Waals surface area contributed by atoms with E-state index < -0.39 is 0 Å². The van der Waals surface area contributed by atoms with Gasteiger partial charge in [0, 0.05) is 29.6 Å². The van der Waals surface area contributed by atoms with E-state index in [0.717, 1.165) is 53.5 Å². The van der Waals surface area contributed by atoms with Crippen molar-refractivity contribution >= 4 is 28.5 Å². The molecule has 0 fully saturated rings. The highest BCUT2D eigenvalue weighted by Crippen LogP contribution is 2.40. The molecule has 186 valence electrons.